The highest BCUT2D eigenvalue weighted by atomic mass is 16.5. The lowest BCUT2D eigenvalue weighted by atomic mass is 10.0. The summed E-state index contributed by atoms with van der Waals surface area (Å²) in [6.07, 6.45) is 50.3. The molecule has 3 unspecified atom stereocenters. The molecule has 0 radical (unpaired) electrons. The number of aliphatic hydroxyl groups is 2. The molecule has 3 N–H and O–H groups in total. The Balaban J connectivity index is 4.40. The molecule has 0 bridgehead atoms. The molecule has 1 amide bonds. The standard InChI is InChI=1S/C52H103NO5/c1-4-7-10-13-16-19-22-23-24-25-26-27-28-30-33-36-39-42-45-52(57)58-48(43-40-37-34-31-21-18-15-12-9-6-3)46-51(56)53-49(47-54)50(55)44-41-38-35-32-29-20-17-14-11-8-5-2/h48-50,54-55H,4-47H2,1-3H3,(H,53,56). The van der Waals surface area contributed by atoms with Crippen molar-refractivity contribution >= 4 is 11.9 Å². The molecule has 58 heavy (non-hydrogen) atoms. The Hall–Kier alpha value is -1.14. The van der Waals surface area contributed by atoms with Gasteiger partial charge in [-0.15, -0.1) is 0 Å². The lowest BCUT2D eigenvalue weighted by molar-refractivity contribution is -0.151. The molecule has 6 heteroatoms. The maximum Gasteiger partial charge on any atom is 0.306 e. The summed E-state index contributed by atoms with van der Waals surface area (Å²) in [7, 11) is 0. The van der Waals surface area contributed by atoms with Crippen molar-refractivity contribution in [2.45, 2.75) is 315 Å². The minimum Gasteiger partial charge on any atom is -0.462 e. The number of unbranched alkanes of at least 4 members (excludes halogenated alkanes) is 36. The van der Waals surface area contributed by atoms with E-state index in [1.807, 2.05) is 0 Å². The Morgan fingerprint density at radius 1 is 0.431 bits per heavy atom. The maximum atomic E-state index is 13.2. The fraction of sp³-hybridized carbons (Fsp3) is 0.962. The first kappa shape index (κ1) is 56.9. The van der Waals surface area contributed by atoms with Crippen molar-refractivity contribution < 1.29 is 24.5 Å². The maximum absolute atomic E-state index is 13.2. The van der Waals surface area contributed by atoms with Crippen molar-refractivity contribution in [3.63, 3.8) is 0 Å². The van der Waals surface area contributed by atoms with E-state index in [1.165, 1.54) is 212 Å². The first-order valence-corrected chi connectivity index (χ1v) is 26.3. The van der Waals surface area contributed by atoms with E-state index in [0.717, 1.165) is 38.5 Å². The third-order valence-electron chi connectivity index (χ3n) is 12.4. The zero-order chi connectivity index (χ0) is 42.4. The Morgan fingerprint density at radius 3 is 1.05 bits per heavy atom. The second kappa shape index (κ2) is 46.9. The SMILES string of the molecule is CCCCCCCCCCCCCCCCCCCCC(=O)OC(CCCCCCCCCCCC)CC(=O)NC(CO)C(O)CCCCCCCCCCCCC. The highest BCUT2D eigenvalue weighted by molar-refractivity contribution is 5.77. The Labute approximate surface area is 362 Å². The number of esters is 1. The summed E-state index contributed by atoms with van der Waals surface area (Å²) in [5.74, 6) is -0.452. The van der Waals surface area contributed by atoms with E-state index < -0.39 is 18.2 Å². The molecule has 0 heterocycles. The van der Waals surface area contributed by atoms with Crippen LogP contribution in [0.4, 0.5) is 0 Å². The number of hydrogen-bond acceptors (Lipinski definition) is 5. The van der Waals surface area contributed by atoms with Crippen molar-refractivity contribution in [1.29, 1.82) is 0 Å². The van der Waals surface area contributed by atoms with Crippen LogP contribution < -0.4 is 5.32 Å². The Bertz CT molecular complexity index is 837. The number of rotatable bonds is 48. The summed E-state index contributed by atoms with van der Waals surface area (Å²) in [6, 6.07) is -0.691. The normalized spacial score (nSPS) is 13.1. The molecule has 0 spiro atoms. The largest absolute Gasteiger partial charge is 0.462 e. The van der Waals surface area contributed by atoms with Crippen LogP contribution >= 0.6 is 0 Å². The van der Waals surface area contributed by atoms with Gasteiger partial charge in [0.1, 0.15) is 6.10 Å². The van der Waals surface area contributed by atoms with E-state index in [2.05, 4.69) is 26.1 Å². The molecule has 0 aromatic rings. The fourth-order valence-electron chi connectivity index (χ4n) is 8.43. The minimum atomic E-state index is -0.778. The Kier molecular flexibility index (Phi) is 46.0. The van der Waals surface area contributed by atoms with Gasteiger partial charge in [-0.1, -0.05) is 258 Å². The van der Waals surface area contributed by atoms with E-state index in [0.29, 0.717) is 19.3 Å². The van der Waals surface area contributed by atoms with Gasteiger partial charge in [0, 0.05) is 6.42 Å². The van der Waals surface area contributed by atoms with Gasteiger partial charge in [0.2, 0.25) is 5.91 Å². The van der Waals surface area contributed by atoms with Crippen LogP contribution in [0.5, 0.6) is 0 Å². The van der Waals surface area contributed by atoms with Crippen LogP contribution in [-0.4, -0.2) is 46.9 Å². The van der Waals surface area contributed by atoms with E-state index in [1.54, 1.807) is 0 Å². The molecular formula is C52H103NO5. The summed E-state index contributed by atoms with van der Waals surface area (Å²) >= 11 is 0. The van der Waals surface area contributed by atoms with Crippen molar-refractivity contribution in [1.82, 2.24) is 5.32 Å². The van der Waals surface area contributed by atoms with E-state index >= 15 is 0 Å². The van der Waals surface area contributed by atoms with Crippen molar-refractivity contribution in [2.75, 3.05) is 6.61 Å². The molecule has 0 aliphatic heterocycles. The van der Waals surface area contributed by atoms with Crippen LogP contribution in [0.25, 0.3) is 0 Å². The quantitative estimate of drug-likeness (QED) is 0.0420. The summed E-state index contributed by atoms with van der Waals surface area (Å²) in [4.78, 5) is 26.1. The zero-order valence-electron chi connectivity index (χ0n) is 39.5. The molecule has 3 atom stereocenters. The number of ether oxygens (including phenoxy) is 1. The number of nitrogens with one attached hydrogen (secondary N) is 1. The molecule has 0 saturated carbocycles. The van der Waals surface area contributed by atoms with Crippen molar-refractivity contribution in [2.24, 2.45) is 0 Å². The highest BCUT2D eigenvalue weighted by Crippen LogP contribution is 2.19. The van der Waals surface area contributed by atoms with Crippen LogP contribution in [0.3, 0.4) is 0 Å². The molecular weight excluding hydrogens is 719 g/mol. The van der Waals surface area contributed by atoms with E-state index in [-0.39, 0.29) is 24.9 Å². The van der Waals surface area contributed by atoms with Crippen LogP contribution in [0, 0.1) is 0 Å². The smallest absolute Gasteiger partial charge is 0.306 e. The summed E-state index contributed by atoms with van der Waals surface area (Å²) < 4.78 is 5.93. The molecule has 0 aliphatic carbocycles. The van der Waals surface area contributed by atoms with Crippen molar-refractivity contribution in [3.05, 3.63) is 0 Å². The van der Waals surface area contributed by atoms with Gasteiger partial charge < -0.3 is 20.3 Å². The van der Waals surface area contributed by atoms with Crippen LogP contribution in [-0.2, 0) is 14.3 Å². The van der Waals surface area contributed by atoms with Gasteiger partial charge in [0.25, 0.3) is 0 Å². The zero-order valence-corrected chi connectivity index (χ0v) is 39.5. The highest BCUT2D eigenvalue weighted by Gasteiger charge is 2.24. The lowest BCUT2D eigenvalue weighted by Gasteiger charge is -2.24. The van der Waals surface area contributed by atoms with Crippen LogP contribution in [0.15, 0.2) is 0 Å². The molecule has 0 saturated heterocycles. The second-order valence-corrected chi connectivity index (χ2v) is 18.3. The monoisotopic (exact) mass is 822 g/mol. The van der Waals surface area contributed by atoms with Crippen LogP contribution in [0.2, 0.25) is 0 Å². The summed E-state index contributed by atoms with van der Waals surface area (Å²) in [6.45, 7) is 6.50. The summed E-state index contributed by atoms with van der Waals surface area (Å²) in [5, 5.41) is 23.7. The van der Waals surface area contributed by atoms with Gasteiger partial charge in [0.15, 0.2) is 0 Å². The topological polar surface area (TPSA) is 95.9 Å². The first-order valence-electron chi connectivity index (χ1n) is 26.3. The molecule has 0 rings (SSSR count). The lowest BCUT2D eigenvalue weighted by Crippen LogP contribution is -2.46. The average molecular weight is 822 g/mol. The van der Waals surface area contributed by atoms with Gasteiger partial charge >= 0.3 is 5.97 Å². The van der Waals surface area contributed by atoms with Gasteiger partial charge in [-0.25, -0.2) is 0 Å². The number of hydrogen-bond donors (Lipinski definition) is 3. The predicted octanol–water partition coefficient (Wildman–Crippen LogP) is 15.6. The fourth-order valence-corrected chi connectivity index (χ4v) is 8.43. The molecule has 346 valence electrons. The third-order valence-corrected chi connectivity index (χ3v) is 12.4. The molecule has 0 aliphatic rings. The van der Waals surface area contributed by atoms with Gasteiger partial charge in [-0.2, -0.15) is 0 Å². The molecule has 0 fully saturated rings. The van der Waals surface area contributed by atoms with Crippen LogP contribution in [0.1, 0.15) is 297 Å². The second-order valence-electron chi connectivity index (χ2n) is 18.3. The van der Waals surface area contributed by atoms with E-state index in [4.69, 9.17) is 4.74 Å². The molecule has 0 aromatic carbocycles. The molecule has 6 nitrogen and oxygen atoms in total. The number of aliphatic hydroxyl groups excluding tert-OH is 2. The van der Waals surface area contributed by atoms with Gasteiger partial charge in [-0.05, 0) is 25.7 Å². The van der Waals surface area contributed by atoms with E-state index in [9.17, 15) is 19.8 Å². The summed E-state index contributed by atoms with van der Waals surface area (Å²) in [5.41, 5.74) is 0. The number of carbonyl (C=O) groups is 2. The van der Waals surface area contributed by atoms with Gasteiger partial charge in [-0.3, -0.25) is 9.59 Å². The van der Waals surface area contributed by atoms with Gasteiger partial charge in [0.05, 0.1) is 25.2 Å². The number of carbonyl (C=O) groups excluding carboxylic acids is 2. The third kappa shape index (κ3) is 41.6. The average Bonchev–Trinajstić information content (AvgIpc) is 3.22. The van der Waals surface area contributed by atoms with Crippen molar-refractivity contribution in [3.8, 4) is 0 Å². The number of amides is 1. The Morgan fingerprint density at radius 2 is 0.724 bits per heavy atom. The minimum absolute atomic E-state index is 0.0873. The predicted molar refractivity (Wildman–Crippen MR) is 250 cm³/mol. The molecule has 0 aromatic heterocycles. The first-order chi connectivity index (χ1) is 28.5.